The summed E-state index contributed by atoms with van der Waals surface area (Å²) in [6.07, 6.45) is 8.56. The second-order valence-corrected chi connectivity index (χ2v) is 11.2. The Morgan fingerprint density at radius 2 is 1.45 bits per heavy atom. The van der Waals surface area contributed by atoms with Crippen LogP contribution in [0.3, 0.4) is 0 Å². The molecule has 6 heteroatoms. The fourth-order valence-electron chi connectivity index (χ4n) is 5.28. The molecule has 0 bridgehead atoms. The number of carbonyl (C=O) groups excluding carboxylic acids is 2. The molecular formula is C36H41N2NaO3. The Hall–Kier alpha value is -3.12. The number of aryl methyl sites for hydroxylation is 3. The van der Waals surface area contributed by atoms with Crippen molar-refractivity contribution in [3.63, 3.8) is 0 Å². The Bertz CT molecular complexity index is 1360. The summed E-state index contributed by atoms with van der Waals surface area (Å²) in [5, 5.41) is 14.4. The fraction of sp³-hybridized carbons (Fsp3) is 0.333. The molecule has 0 unspecified atom stereocenters. The molecule has 0 aliphatic carbocycles. The third-order valence-corrected chi connectivity index (χ3v) is 7.66. The van der Waals surface area contributed by atoms with Gasteiger partial charge in [-0.15, -0.1) is 0 Å². The Morgan fingerprint density at radius 1 is 0.833 bits per heavy atom. The molecule has 0 amide bonds. The van der Waals surface area contributed by atoms with Gasteiger partial charge >= 0.3 is 29.6 Å². The van der Waals surface area contributed by atoms with Crippen molar-refractivity contribution in [2.75, 3.05) is 11.9 Å². The third kappa shape index (κ3) is 10.3. The van der Waals surface area contributed by atoms with Gasteiger partial charge in [0.2, 0.25) is 0 Å². The van der Waals surface area contributed by atoms with Gasteiger partial charge in [-0.05, 0) is 79.2 Å². The summed E-state index contributed by atoms with van der Waals surface area (Å²) in [6, 6.07) is 29.1. The molecule has 0 saturated heterocycles. The minimum Gasteiger partial charge on any atom is -0.550 e. The molecule has 4 aromatic rings. The Labute approximate surface area is 272 Å². The smallest absolute Gasteiger partial charge is 0.550 e. The van der Waals surface area contributed by atoms with Crippen molar-refractivity contribution in [2.24, 2.45) is 5.92 Å². The molecule has 0 fully saturated rings. The molecule has 1 N–H and O–H groups in total. The van der Waals surface area contributed by atoms with Gasteiger partial charge in [0.25, 0.3) is 0 Å². The number of carboxylic acid groups (broad SMARTS) is 1. The second-order valence-electron chi connectivity index (χ2n) is 11.2. The van der Waals surface area contributed by atoms with E-state index in [1.165, 1.54) is 11.1 Å². The van der Waals surface area contributed by atoms with Crippen LogP contribution < -0.4 is 40.0 Å². The molecule has 0 radical (unpaired) electrons. The maximum atomic E-state index is 13.6. The van der Waals surface area contributed by atoms with Crippen molar-refractivity contribution < 1.29 is 44.3 Å². The van der Waals surface area contributed by atoms with Gasteiger partial charge in [-0.3, -0.25) is 4.79 Å². The van der Waals surface area contributed by atoms with Crippen molar-refractivity contribution in [2.45, 2.75) is 64.8 Å². The van der Waals surface area contributed by atoms with Crippen molar-refractivity contribution in [1.29, 1.82) is 0 Å². The molecule has 0 spiro atoms. The molecule has 3 aromatic carbocycles. The first kappa shape index (κ1) is 33.4. The van der Waals surface area contributed by atoms with E-state index in [1.807, 2.05) is 41.2 Å². The van der Waals surface area contributed by atoms with E-state index in [0.717, 1.165) is 43.5 Å². The fourth-order valence-corrected chi connectivity index (χ4v) is 5.28. The first-order valence-electron chi connectivity index (χ1n) is 14.7. The summed E-state index contributed by atoms with van der Waals surface area (Å²) in [5.74, 6) is -0.407. The summed E-state index contributed by atoms with van der Waals surface area (Å²) < 4.78 is 1.93. The van der Waals surface area contributed by atoms with Gasteiger partial charge in [-0.2, -0.15) is 0 Å². The van der Waals surface area contributed by atoms with Crippen LogP contribution >= 0.6 is 0 Å². The third-order valence-electron chi connectivity index (χ3n) is 7.66. The number of nitrogens with zero attached hydrogens (tertiary/aromatic N) is 1. The van der Waals surface area contributed by atoms with Crippen LogP contribution in [-0.2, 0) is 24.2 Å². The Balaban J connectivity index is 0.00000484. The quantitative estimate of drug-likeness (QED) is 0.164. The van der Waals surface area contributed by atoms with E-state index in [2.05, 4.69) is 79.8 Å². The van der Waals surface area contributed by atoms with Gasteiger partial charge < -0.3 is 19.8 Å². The summed E-state index contributed by atoms with van der Waals surface area (Å²) in [7, 11) is 0. The van der Waals surface area contributed by atoms with Gasteiger partial charge in [0, 0.05) is 48.3 Å². The minimum atomic E-state index is -1.05. The topological polar surface area (TPSA) is 74.2 Å². The van der Waals surface area contributed by atoms with Crippen molar-refractivity contribution in [1.82, 2.24) is 4.57 Å². The van der Waals surface area contributed by atoms with Crippen LogP contribution in [0, 0.1) is 5.92 Å². The van der Waals surface area contributed by atoms with Crippen molar-refractivity contribution in [3.05, 3.63) is 125 Å². The number of hydrogen-bond acceptors (Lipinski definition) is 4. The summed E-state index contributed by atoms with van der Waals surface area (Å²) in [4.78, 5) is 24.4. The maximum absolute atomic E-state index is 13.6. The van der Waals surface area contributed by atoms with E-state index in [0.29, 0.717) is 30.0 Å². The minimum absolute atomic E-state index is 0. The van der Waals surface area contributed by atoms with Crippen LogP contribution in [-0.4, -0.2) is 22.9 Å². The first-order valence-corrected chi connectivity index (χ1v) is 14.7. The second kappa shape index (κ2) is 17.1. The molecule has 214 valence electrons. The van der Waals surface area contributed by atoms with E-state index in [9.17, 15) is 14.7 Å². The average molecular weight is 573 g/mol. The van der Waals surface area contributed by atoms with Crippen LogP contribution in [0.15, 0.2) is 97.3 Å². The molecule has 5 nitrogen and oxygen atoms in total. The number of anilines is 1. The van der Waals surface area contributed by atoms with Gasteiger partial charge in [-0.25, -0.2) is 0 Å². The van der Waals surface area contributed by atoms with E-state index in [4.69, 9.17) is 0 Å². The molecule has 0 aliphatic rings. The van der Waals surface area contributed by atoms with Gasteiger partial charge in [0.05, 0.1) is 0 Å². The van der Waals surface area contributed by atoms with E-state index >= 15 is 0 Å². The van der Waals surface area contributed by atoms with E-state index < -0.39 is 5.97 Å². The van der Waals surface area contributed by atoms with Crippen LogP contribution in [0.2, 0.25) is 0 Å². The monoisotopic (exact) mass is 572 g/mol. The van der Waals surface area contributed by atoms with Crippen LogP contribution in [0.5, 0.6) is 0 Å². The zero-order valence-corrected chi connectivity index (χ0v) is 27.2. The van der Waals surface area contributed by atoms with Gasteiger partial charge in [0.1, 0.15) is 0 Å². The van der Waals surface area contributed by atoms with Crippen LogP contribution in [0.1, 0.15) is 78.1 Å². The number of hydrogen-bond donors (Lipinski definition) is 1. The number of carboxylic acids is 1. The van der Waals surface area contributed by atoms with Gasteiger partial charge in [0.15, 0.2) is 5.78 Å². The number of aromatic nitrogens is 1. The molecule has 1 heterocycles. The maximum Gasteiger partial charge on any atom is 1.00 e. The largest absolute Gasteiger partial charge is 1.00 e. The number of carbonyl (C=O) groups is 2. The molecule has 4 rings (SSSR count). The standard InChI is InChI=1S/C36H42N2O3.Na/c1-27(2)33-25-38(22-10-17-35(39)40)26-34(33)36(41)31-15-9-16-32(23-31)37-24-30(20-18-28-11-5-3-6-12-28)21-19-29-13-7-4-8-14-29;/h3-9,11-16,23,25-27,30,37H,10,17-22,24H2,1-2H3,(H,39,40);/q;+1/p-1. The molecular weight excluding hydrogens is 531 g/mol. The van der Waals surface area contributed by atoms with Gasteiger partial charge in [-0.1, -0.05) is 86.6 Å². The number of rotatable bonds is 16. The Morgan fingerprint density at radius 3 is 2.02 bits per heavy atom. The van der Waals surface area contributed by atoms with Crippen LogP contribution in [0.25, 0.3) is 0 Å². The summed E-state index contributed by atoms with van der Waals surface area (Å²) in [5.41, 5.74) is 5.96. The number of nitrogens with one attached hydrogen (secondary N) is 1. The number of ketones is 1. The molecule has 1 aromatic heterocycles. The molecule has 0 aliphatic heterocycles. The van der Waals surface area contributed by atoms with E-state index in [1.54, 1.807) is 0 Å². The summed E-state index contributed by atoms with van der Waals surface area (Å²) in [6.45, 7) is 5.51. The van der Waals surface area contributed by atoms with E-state index in [-0.39, 0.29) is 47.7 Å². The van der Waals surface area contributed by atoms with Crippen LogP contribution in [0.4, 0.5) is 5.69 Å². The zero-order chi connectivity index (χ0) is 29.0. The molecule has 0 saturated carbocycles. The average Bonchev–Trinajstić information content (AvgIpc) is 3.42. The predicted molar refractivity (Wildman–Crippen MR) is 164 cm³/mol. The molecule has 0 atom stereocenters. The Kier molecular flexibility index (Phi) is 13.6. The zero-order valence-electron chi connectivity index (χ0n) is 25.2. The SMILES string of the molecule is CC(C)c1cn(CCCC(=O)[O-])cc1C(=O)c1cccc(NCC(CCc2ccccc2)CCc2ccccc2)c1.[Na+]. The van der Waals surface area contributed by atoms with Crippen molar-refractivity contribution in [3.8, 4) is 0 Å². The molecule has 42 heavy (non-hydrogen) atoms. The number of aliphatic carboxylic acids is 1. The normalized spacial score (nSPS) is 11.0. The predicted octanol–water partition coefficient (Wildman–Crippen LogP) is 3.67. The number of benzene rings is 3. The summed E-state index contributed by atoms with van der Waals surface area (Å²) >= 11 is 0. The first-order chi connectivity index (χ1) is 19.9. The van der Waals surface area contributed by atoms with Crippen molar-refractivity contribution >= 4 is 17.4 Å².